The summed E-state index contributed by atoms with van der Waals surface area (Å²) in [6.45, 7) is 1.72. The average molecular weight is 376 g/mol. The largest absolute Gasteiger partial charge is 0.364 e. The van der Waals surface area contributed by atoms with E-state index in [4.69, 9.17) is 5.73 Å². The predicted molar refractivity (Wildman–Crippen MR) is 106 cm³/mol. The number of anilines is 1. The molecule has 1 atom stereocenters. The zero-order valence-electron chi connectivity index (χ0n) is 15.5. The lowest BCUT2D eigenvalue weighted by Crippen LogP contribution is -2.45. The van der Waals surface area contributed by atoms with Gasteiger partial charge in [-0.05, 0) is 37.5 Å². The quantitative estimate of drug-likeness (QED) is 0.754. The molecule has 4 rings (SSSR count). The van der Waals surface area contributed by atoms with Gasteiger partial charge in [0.05, 0.1) is 5.39 Å². The maximum absolute atomic E-state index is 13.1. The molecule has 1 aliphatic heterocycles. The fourth-order valence-corrected chi connectivity index (χ4v) is 3.80. The fraction of sp³-hybridized carbons (Fsp3) is 0.238. The second-order valence-electron chi connectivity index (χ2n) is 7.00. The number of carbonyl (C=O) groups is 2. The van der Waals surface area contributed by atoms with Crippen LogP contribution in [0.2, 0.25) is 0 Å². The molecule has 0 spiro atoms. The summed E-state index contributed by atoms with van der Waals surface area (Å²) in [6, 6.07) is 14.4. The van der Waals surface area contributed by atoms with E-state index in [1.807, 2.05) is 31.2 Å². The summed E-state index contributed by atoms with van der Waals surface area (Å²) in [5.41, 5.74) is 6.96. The summed E-state index contributed by atoms with van der Waals surface area (Å²) >= 11 is 0. The van der Waals surface area contributed by atoms with E-state index in [0.29, 0.717) is 10.8 Å². The normalized spacial score (nSPS) is 16.0. The second-order valence-corrected chi connectivity index (χ2v) is 7.00. The lowest BCUT2D eigenvalue weighted by atomic mass is 9.96. The number of rotatable bonds is 3. The van der Waals surface area contributed by atoms with Crippen LogP contribution in [-0.4, -0.2) is 27.6 Å². The molecule has 142 valence electrons. The molecule has 28 heavy (non-hydrogen) atoms. The number of benzene rings is 2. The molecule has 0 unspecified atom stereocenters. The van der Waals surface area contributed by atoms with Crippen LogP contribution >= 0.6 is 0 Å². The van der Waals surface area contributed by atoms with Crippen LogP contribution in [0, 0.1) is 0 Å². The van der Waals surface area contributed by atoms with E-state index in [9.17, 15) is 14.4 Å². The van der Waals surface area contributed by atoms with Gasteiger partial charge in [-0.1, -0.05) is 36.4 Å². The van der Waals surface area contributed by atoms with Gasteiger partial charge >= 0.3 is 0 Å². The molecule has 2 heterocycles. The van der Waals surface area contributed by atoms with Crippen LogP contribution in [0.1, 0.15) is 29.4 Å². The van der Waals surface area contributed by atoms with Crippen molar-refractivity contribution < 1.29 is 9.59 Å². The highest BCUT2D eigenvalue weighted by molar-refractivity contribution is 6.04. The lowest BCUT2D eigenvalue weighted by Gasteiger charge is -2.35. The molecule has 2 aromatic carbocycles. The number of aryl methyl sites for hydroxylation is 1. The number of primary amides is 1. The Morgan fingerprint density at radius 2 is 1.79 bits per heavy atom. The summed E-state index contributed by atoms with van der Waals surface area (Å²) in [6.07, 6.45) is 1.75. The number of hydrogen-bond donors (Lipinski definition) is 1. The highest BCUT2D eigenvalue weighted by Crippen LogP contribution is 2.30. The Bertz CT molecular complexity index is 1150. The number of para-hydroxylation sites is 1. The SMILES string of the molecule is C[C@@H]1CCc2ccccc2N1C(=O)Cn1nc(C(N)=O)c2ccccc2c1=O. The first-order valence-electron chi connectivity index (χ1n) is 9.17. The zero-order chi connectivity index (χ0) is 19.8. The van der Waals surface area contributed by atoms with E-state index >= 15 is 0 Å². The number of nitrogens with zero attached hydrogens (tertiary/aromatic N) is 3. The first kappa shape index (κ1) is 17.9. The Hall–Kier alpha value is -3.48. The van der Waals surface area contributed by atoms with Crippen LogP contribution in [-0.2, 0) is 17.8 Å². The number of carbonyl (C=O) groups excluding carboxylic acids is 2. The molecule has 1 aliphatic rings. The third-order valence-corrected chi connectivity index (χ3v) is 5.18. The van der Waals surface area contributed by atoms with Crippen molar-refractivity contribution in [3.8, 4) is 0 Å². The van der Waals surface area contributed by atoms with Crippen molar-refractivity contribution in [2.75, 3.05) is 4.90 Å². The highest BCUT2D eigenvalue weighted by atomic mass is 16.2. The Labute approximate surface area is 161 Å². The van der Waals surface area contributed by atoms with Gasteiger partial charge in [-0.3, -0.25) is 14.4 Å². The van der Waals surface area contributed by atoms with Crippen molar-refractivity contribution in [2.45, 2.75) is 32.4 Å². The van der Waals surface area contributed by atoms with Gasteiger partial charge in [-0.15, -0.1) is 0 Å². The van der Waals surface area contributed by atoms with Crippen molar-refractivity contribution in [3.05, 3.63) is 70.1 Å². The van der Waals surface area contributed by atoms with Gasteiger partial charge in [-0.2, -0.15) is 5.10 Å². The van der Waals surface area contributed by atoms with Crippen LogP contribution in [0.25, 0.3) is 10.8 Å². The van der Waals surface area contributed by atoms with Gasteiger partial charge in [-0.25, -0.2) is 4.68 Å². The minimum Gasteiger partial charge on any atom is -0.364 e. The topological polar surface area (TPSA) is 98.3 Å². The monoisotopic (exact) mass is 376 g/mol. The van der Waals surface area contributed by atoms with Gasteiger partial charge in [0, 0.05) is 17.1 Å². The van der Waals surface area contributed by atoms with Crippen molar-refractivity contribution in [1.29, 1.82) is 0 Å². The molecule has 7 heteroatoms. The van der Waals surface area contributed by atoms with Gasteiger partial charge < -0.3 is 10.6 Å². The van der Waals surface area contributed by atoms with Crippen LogP contribution in [0.5, 0.6) is 0 Å². The minimum absolute atomic E-state index is 0.00849. The maximum Gasteiger partial charge on any atom is 0.275 e. The molecule has 2 N–H and O–H groups in total. The number of hydrogen-bond acceptors (Lipinski definition) is 4. The van der Waals surface area contributed by atoms with E-state index in [1.165, 1.54) is 0 Å². The van der Waals surface area contributed by atoms with Crippen LogP contribution in [0.3, 0.4) is 0 Å². The molecule has 0 radical (unpaired) electrons. The number of nitrogens with two attached hydrogens (primary N) is 1. The molecule has 0 saturated carbocycles. The lowest BCUT2D eigenvalue weighted by molar-refractivity contribution is -0.120. The Morgan fingerprint density at radius 3 is 2.54 bits per heavy atom. The van der Waals surface area contributed by atoms with E-state index in [2.05, 4.69) is 5.10 Å². The van der Waals surface area contributed by atoms with E-state index in [1.54, 1.807) is 29.2 Å². The first-order valence-corrected chi connectivity index (χ1v) is 9.17. The third kappa shape index (κ3) is 2.94. The van der Waals surface area contributed by atoms with Crippen molar-refractivity contribution in [3.63, 3.8) is 0 Å². The molecular weight excluding hydrogens is 356 g/mol. The summed E-state index contributed by atoms with van der Waals surface area (Å²) in [4.78, 5) is 39.5. The molecule has 0 saturated heterocycles. The predicted octanol–water partition coefficient (Wildman–Crippen LogP) is 1.86. The summed E-state index contributed by atoms with van der Waals surface area (Å²) in [5.74, 6) is -0.992. The molecule has 3 aromatic rings. The average Bonchev–Trinajstić information content (AvgIpc) is 2.69. The second kappa shape index (κ2) is 6.92. The fourth-order valence-electron chi connectivity index (χ4n) is 3.80. The van der Waals surface area contributed by atoms with Gasteiger partial charge in [0.15, 0.2) is 5.69 Å². The highest BCUT2D eigenvalue weighted by Gasteiger charge is 2.28. The van der Waals surface area contributed by atoms with Crippen LogP contribution in [0.4, 0.5) is 5.69 Å². The van der Waals surface area contributed by atoms with Crippen LogP contribution in [0.15, 0.2) is 53.3 Å². The maximum atomic E-state index is 13.1. The summed E-state index contributed by atoms with van der Waals surface area (Å²) in [7, 11) is 0. The summed E-state index contributed by atoms with van der Waals surface area (Å²) in [5, 5.41) is 4.80. The Morgan fingerprint density at radius 1 is 1.11 bits per heavy atom. The third-order valence-electron chi connectivity index (χ3n) is 5.18. The molecule has 0 aliphatic carbocycles. The first-order chi connectivity index (χ1) is 13.5. The molecule has 2 amide bonds. The smallest absolute Gasteiger partial charge is 0.275 e. The number of fused-ring (bicyclic) bond motifs is 2. The van der Waals surface area contributed by atoms with Crippen LogP contribution < -0.4 is 16.2 Å². The van der Waals surface area contributed by atoms with Crippen molar-refractivity contribution >= 4 is 28.3 Å². The van der Waals surface area contributed by atoms with E-state index in [0.717, 1.165) is 28.8 Å². The standard InChI is InChI=1S/C21H20N4O3/c1-13-10-11-14-6-2-5-9-17(14)25(13)18(26)12-24-21(28)16-8-4-3-7-15(16)19(23-24)20(22)27/h2-9,13H,10-12H2,1H3,(H2,22,27)/t13-/m1/s1. The molecule has 7 nitrogen and oxygen atoms in total. The zero-order valence-corrected chi connectivity index (χ0v) is 15.5. The molecule has 0 bridgehead atoms. The minimum atomic E-state index is -0.742. The van der Waals surface area contributed by atoms with Gasteiger partial charge in [0.25, 0.3) is 11.5 Å². The van der Waals surface area contributed by atoms with Gasteiger partial charge in [0.2, 0.25) is 5.91 Å². The molecular formula is C21H20N4O3. The Kier molecular flexibility index (Phi) is 4.43. The van der Waals surface area contributed by atoms with E-state index < -0.39 is 11.5 Å². The molecule has 0 fully saturated rings. The Balaban J connectivity index is 1.77. The van der Waals surface area contributed by atoms with Crippen molar-refractivity contribution in [2.24, 2.45) is 5.73 Å². The summed E-state index contributed by atoms with van der Waals surface area (Å²) < 4.78 is 1.04. The van der Waals surface area contributed by atoms with Gasteiger partial charge in [0.1, 0.15) is 6.54 Å². The number of aromatic nitrogens is 2. The molecule has 1 aromatic heterocycles. The number of amides is 2. The van der Waals surface area contributed by atoms with E-state index in [-0.39, 0.29) is 24.2 Å². The van der Waals surface area contributed by atoms with Crippen molar-refractivity contribution in [1.82, 2.24) is 9.78 Å².